The molecule has 0 atom stereocenters. The second kappa shape index (κ2) is 7.76. The largest absolute Gasteiger partial charge is 0.329 e. The minimum Gasteiger partial charge on any atom is -0.298 e. The highest BCUT2D eigenvalue weighted by atomic mass is 35.5. The molecule has 0 aliphatic rings. The Hall–Kier alpha value is -3.65. The molecular weight excluding hydrogens is 392 g/mol. The first-order chi connectivity index (χ1) is 14.0. The highest BCUT2D eigenvalue weighted by molar-refractivity contribution is 6.30. The molecule has 8 nitrogen and oxygen atoms in total. The lowest BCUT2D eigenvalue weighted by atomic mass is 10.2. The number of halogens is 1. The summed E-state index contributed by atoms with van der Waals surface area (Å²) in [5.74, 6) is 0.342. The fraction of sp³-hybridized carbons (Fsp3) is 0.100. The molecule has 0 fully saturated rings. The summed E-state index contributed by atoms with van der Waals surface area (Å²) in [5, 5.41) is 4.85. The second-order valence-electron chi connectivity index (χ2n) is 6.42. The number of nitrogens with zero attached hydrogens (tertiary/aromatic N) is 4. The lowest BCUT2D eigenvalue weighted by molar-refractivity contribution is 0.808. The van der Waals surface area contributed by atoms with Crippen molar-refractivity contribution in [3.8, 4) is 0 Å². The van der Waals surface area contributed by atoms with Gasteiger partial charge < -0.3 is 0 Å². The third-order valence-electron chi connectivity index (χ3n) is 4.44. The molecule has 0 amide bonds. The minimum atomic E-state index is -0.530. The third-order valence-corrected chi connectivity index (χ3v) is 4.69. The average molecular weight is 409 g/mol. The molecule has 2 aromatic heterocycles. The van der Waals surface area contributed by atoms with Crippen LogP contribution in [0.4, 0.5) is 5.95 Å². The van der Waals surface area contributed by atoms with Crippen molar-refractivity contribution in [3.63, 3.8) is 0 Å². The second-order valence-corrected chi connectivity index (χ2v) is 6.86. The Morgan fingerprint density at radius 1 is 1.14 bits per heavy atom. The Bertz CT molecular complexity index is 1300. The molecule has 0 unspecified atom stereocenters. The summed E-state index contributed by atoms with van der Waals surface area (Å²) in [6, 6.07) is 16.8. The summed E-state index contributed by atoms with van der Waals surface area (Å²) in [7, 11) is 1.55. The van der Waals surface area contributed by atoms with Crippen molar-refractivity contribution in [2.45, 2.75) is 6.54 Å². The zero-order valence-electron chi connectivity index (χ0n) is 15.5. The van der Waals surface area contributed by atoms with Crippen LogP contribution >= 0.6 is 11.6 Å². The number of fused-ring (bicyclic) bond motifs is 1. The van der Waals surface area contributed by atoms with E-state index in [1.54, 1.807) is 30.0 Å². The van der Waals surface area contributed by atoms with Gasteiger partial charge >= 0.3 is 5.69 Å². The zero-order valence-corrected chi connectivity index (χ0v) is 16.2. The first-order valence-electron chi connectivity index (χ1n) is 8.81. The monoisotopic (exact) mass is 408 g/mol. The number of rotatable bonds is 5. The highest BCUT2D eigenvalue weighted by Gasteiger charge is 2.17. The van der Waals surface area contributed by atoms with E-state index in [2.05, 4.69) is 20.5 Å². The maximum atomic E-state index is 12.5. The van der Waals surface area contributed by atoms with Gasteiger partial charge in [0, 0.05) is 12.1 Å². The van der Waals surface area contributed by atoms with Crippen molar-refractivity contribution in [1.82, 2.24) is 19.1 Å². The van der Waals surface area contributed by atoms with E-state index in [-0.39, 0.29) is 11.2 Å². The normalized spacial score (nSPS) is 11.4. The maximum Gasteiger partial charge on any atom is 0.329 e. The molecule has 29 heavy (non-hydrogen) atoms. The summed E-state index contributed by atoms with van der Waals surface area (Å²) in [4.78, 5) is 31.2. The van der Waals surface area contributed by atoms with Crippen LogP contribution in [0.15, 0.2) is 69.3 Å². The van der Waals surface area contributed by atoms with Crippen LogP contribution in [0.2, 0.25) is 5.02 Å². The van der Waals surface area contributed by atoms with Crippen LogP contribution in [0.3, 0.4) is 0 Å². The molecule has 2 aromatic carbocycles. The van der Waals surface area contributed by atoms with Crippen LogP contribution in [0, 0.1) is 0 Å². The van der Waals surface area contributed by atoms with Gasteiger partial charge in [-0.2, -0.15) is 10.1 Å². The fourth-order valence-corrected chi connectivity index (χ4v) is 3.08. The lowest BCUT2D eigenvalue weighted by Crippen LogP contribution is -2.29. The maximum absolute atomic E-state index is 12.5. The molecule has 4 rings (SSSR count). The van der Waals surface area contributed by atoms with Gasteiger partial charge in [0.2, 0.25) is 5.95 Å². The van der Waals surface area contributed by atoms with E-state index in [9.17, 15) is 9.59 Å². The Kier molecular flexibility index (Phi) is 5.01. The van der Waals surface area contributed by atoms with Gasteiger partial charge in [-0.25, -0.2) is 10.2 Å². The molecule has 0 spiro atoms. The molecule has 4 aromatic rings. The van der Waals surface area contributed by atoms with Crippen molar-refractivity contribution < 1.29 is 0 Å². The van der Waals surface area contributed by atoms with Gasteiger partial charge in [0.05, 0.1) is 12.8 Å². The van der Waals surface area contributed by atoms with Gasteiger partial charge in [0.1, 0.15) is 0 Å². The zero-order chi connectivity index (χ0) is 20.4. The quantitative estimate of drug-likeness (QED) is 0.392. The van der Waals surface area contributed by atoms with E-state index < -0.39 is 11.2 Å². The predicted molar refractivity (Wildman–Crippen MR) is 114 cm³/mol. The Labute approximate surface area is 170 Å². The number of hydrogen-bond donors (Lipinski definition) is 2. The number of anilines is 1. The van der Waals surface area contributed by atoms with E-state index in [1.165, 1.54) is 4.57 Å². The van der Waals surface area contributed by atoms with Crippen LogP contribution in [0.25, 0.3) is 11.2 Å². The van der Waals surface area contributed by atoms with Crippen molar-refractivity contribution >= 4 is 34.9 Å². The summed E-state index contributed by atoms with van der Waals surface area (Å²) >= 11 is 5.97. The van der Waals surface area contributed by atoms with Gasteiger partial charge in [-0.1, -0.05) is 54.1 Å². The molecule has 2 heterocycles. The molecule has 0 radical (unpaired) electrons. The molecule has 0 saturated heterocycles. The van der Waals surface area contributed by atoms with E-state index >= 15 is 0 Å². The van der Waals surface area contributed by atoms with Gasteiger partial charge in [0.25, 0.3) is 5.56 Å². The van der Waals surface area contributed by atoms with E-state index in [1.807, 2.05) is 42.5 Å². The number of aromatic amines is 1. The summed E-state index contributed by atoms with van der Waals surface area (Å²) < 4.78 is 2.97. The molecule has 146 valence electrons. The number of hydrogen-bond acceptors (Lipinski definition) is 5. The molecule has 0 aliphatic heterocycles. The van der Waals surface area contributed by atoms with Crippen molar-refractivity contribution in [1.29, 1.82) is 0 Å². The van der Waals surface area contributed by atoms with E-state index in [4.69, 9.17) is 11.6 Å². The minimum absolute atomic E-state index is 0.269. The number of aryl methyl sites for hydroxylation is 1. The highest BCUT2D eigenvalue weighted by Crippen LogP contribution is 2.19. The lowest BCUT2D eigenvalue weighted by Gasteiger charge is -2.08. The number of nitrogens with one attached hydrogen (secondary N) is 2. The van der Waals surface area contributed by atoms with Crippen LogP contribution in [-0.4, -0.2) is 25.3 Å². The third kappa shape index (κ3) is 3.83. The first kappa shape index (κ1) is 18.7. The van der Waals surface area contributed by atoms with Gasteiger partial charge in [-0.05, 0) is 23.3 Å². The molecular formula is C20H17ClN6O2. The molecule has 0 aliphatic carbocycles. The smallest absolute Gasteiger partial charge is 0.298 e. The van der Waals surface area contributed by atoms with Crippen molar-refractivity contribution in [3.05, 3.63) is 91.6 Å². The Morgan fingerprint density at radius 2 is 1.86 bits per heavy atom. The van der Waals surface area contributed by atoms with Crippen molar-refractivity contribution in [2.24, 2.45) is 12.1 Å². The number of hydrazone groups is 1. The molecule has 0 saturated carbocycles. The van der Waals surface area contributed by atoms with Gasteiger partial charge in [-0.3, -0.25) is 18.9 Å². The van der Waals surface area contributed by atoms with Gasteiger partial charge in [0.15, 0.2) is 11.2 Å². The molecule has 0 bridgehead atoms. The van der Waals surface area contributed by atoms with Crippen molar-refractivity contribution in [2.75, 3.05) is 5.43 Å². The summed E-state index contributed by atoms with van der Waals surface area (Å²) in [5.41, 5.74) is 4.21. The Balaban J connectivity index is 1.79. The molecule has 9 heteroatoms. The van der Waals surface area contributed by atoms with Crippen LogP contribution in [0.1, 0.15) is 11.1 Å². The number of aromatic nitrogens is 4. The Morgan fingerprint density at radius 3 is 2.59 bits per heavy atom. The fourth-order valence-electron chi connectivity index (χ4n) is 2.95. The standard InChI is InChI=1S/C20H17ClN6O2/c1-26-17-16(18(28)24-20(26)29)27(12-14-7-9-15(21)10-8-14)19(23-17)25-22-11-13-5-3-2-4-6-13/h2-11H,12H2,1H3,(H,23,25)(H,24,28,29). The van der Waals surface area contributed by atoms with E-state index in [0.29, 0.717) is 17.5 Å². The first-order valence-corrected chi connectivity index (χ1v) is 9.19. The predicted octanol–water partition coefficient (Wildman–Crippen LogP) is 2.57. The average Bonchev–Trinajstić information content (AvgIpc) is 3.08. The SMILES string of the molecule is Cn1c(=O)[nH]c(=O)c2c1nc(NN=Cc1ccccc1)n2Cc1ccc(Cl)cc1. The van der Waals surface area contributed by atoms with Crippen LogP contribution in [0.5, 0.6) is 0 Å². The number of H-pyrrole nitrogens is 1. The van der Waals surface area contributed by atoms with Crippen LogP contribution < -0.4 is 16.7 Å². The summed E-state index contributed by atoms with van der Waals surface area (Å²) in [6.07, 6.45) is 1.65. The molecule has 2 N–H and O–H groups in total. The van der Waals surface area contributed by atoms with Crippen LogP contribution in [-0.2, 0) is 13.6 Å². The summed E-state index contributed by atoms with van der Waals surface area (Å²) in [6.45, 7) is 0.345. The number of imidazole rings is 1. The van der Waals surface area contributed by atoms with E-state index in [0.717, 1.165) is 11.1 Å². The van der Waals surface area contributed by atoms with Gasteiger partial charge in [-0.15, -0.1) is 0 Å². The topological polar surface area (TPSA) is 97.1 Å². The number of benzene rings is 2.